The van der Waals surface area contributed by atoms with Crippen molar-refractivity contribution >= 4 is 11.3 Å². The zero-order valence-electron chi connectivity index (χ0n) is 7.12. The summed E-state index contributed by atoms with van der Waals surface area (Å²) in [4.78, 5) is 4.44. The Kier molecular flexibility index (Phi) is 2.42. The number of aromatic nitrogens is 1. The van der Waals surface area contributed by atoms with Crippen LogP contribution in [-0.2, 0) is 13.0 Å². The van der Waals surface area contributed by atoms with Gasteiger partial charge in [-0.05, 0) is 5.92 Å². The maximum atomic E-state index is 5.48. The van der Waals surface area contributed by atoms with Crippen LogP contribution >= 0.6 is 11.3 Å². The van der Waals surface area contributed by atoms with Crippen LogP contribution in [0.15, 0.2) is 5.38 Å². The summed E-state index contributed by atoms with van der Waals surface area (Å²) < 4.78 is 0. The molecule has 3 heteroatoms. The van der Waals surface area contributed by atoms with E-state index in [2.05, 4.69) is 10.4 Å². The van der Waals surface area contributed by atoms with E-state index in [1.165, 1.54) is 30.7 Å². The molecule has 1 saturated carbocycles. The molecule has 0 bridgehead atoms. The lowest BCUT2D eigenvalue weighted by Gasteiger charge is -2.23. The first-order chi connectivity index (χ1) is 5.88. The molecule has 0 spiro atoms. The highest BCUT2D eigenvalue weighted by molar-refractivity contribution is 7.09. The van der Waals surface area contributed by atoms with Crippen molar-refractivity contribution < 1.29 is 0 Å². The fourth-order valence-corrected chi connectivity index (χ4v) is 2.40. The first kappa shape index (κ1) is 8.20. The Morgan fingerprint density at radius 3 is 2.92 bits per heavy atom. The molecule has 0 atom stereocenters. The summed E-state index contributed by atoms with van der Waals surface area (Å²) in [6.45, 7) is 0.584. The fourth-order valence-electron chi connectivity index (χ4n) is 1.48. The zero-order chi connectivity index (χ0) is 8.39. The second kappa shape index (κ2) is 3.54. The van der Waals surface area contributed by atoms with Gasteiger partial charge in [-0.1, -0.05) is 19.3 Å². The van der Waals surface area contributed by atoms with E-state index >= 15 is 0 Å². The third-order valence-electron chi connectivity index (χ3n) is 2.50. The van der Waals surface area contributed by atoms with Gasteiger partial charge in [0.1, 0.15) is 0 Å². The van der Waals surface area contributed by atoms with Crippen molar-refractivity contribution in [2.45, 2.75) is 32.2 Å². The van der Waals surface area contributed by atoms with E-state index in [1.807, 2.05) is 0 Å². The minimum atomic E-state index is 0.584. The summed E-state index contributed by atoms with van der Waals surface area (Å²) in [6, 6.07) is 0. The maximum Gasteiger partial charge on any atom is 0.0931 e. The van der Waals surface area contributed by atoms with E-state index in [0.29, 0.717) is 6.54 Å². The van der Waals surface area contributed by atoms with E-state index in [-0.39, 0.29) is 0 Å². The summed E-state index contributed by atoms with van der Waals surface area (Å²) in [7, 11) is 0. The van der Waals surface area contributed by atoms with Crippen LogP contribution < -0.4 is 5.73 Å². The first-order valence-electron chi connectivity index (χ1n) is 4.52. The minimum Gasteiger partial charge on any atom is -0.325 e. The molecule has 1 aliphatic rings. The molecule has 12 heavy (non-hydrogen) atoms. The molecule has 66 valence electrons. The van der Waals surface area contributed by atoms with Crippen molar-refractivity contribution in [3.05, 3.63) is 16.1 Å². The summed E-state index contributed by atoms with van der Waals surface area (Å²) in [6.07, 6.45) is 5.40. The van der Waals surface area contributed by atoms with Gasteiger partial charge in [0, 0.05) is 18.3 Å². The van der Waals surface area contributed by atoms with Crippen LogP contribution in [0.5, 0.6) is 0 Å². The average molecular weight is 182 g/mol. The Hall–Kier alpha value is -0.410. The lowest BCUT2D eigenvalue weighted by Crippen LogP contribution is -2.13. The number of nitrogens with two attached hydrogens (primary N) is 1. The van der Waals surface area contributed by atoms with Crippen LogP contribution in [0.3, 0.4) is 0 Å². The van der Waals surface area contributed by atoms with Gasteiger partial charge >= 0.3 is 0 Å². The van der Waals surface area contributed by atoms with Crippen LogP contribution in [0.4, 0.5) is 0 Å². The molecule has 0 saturated heterocycles. The third-order valence-corrected chi connectivity index (χ3v) is 3.42. The summed E-state index contributed by atoms with van der Waals surface area (Å²) in [5.74, 6) is 0.918. The Morgan fingerprint density at radius 2 is 2.42 bits per heavy atom. The van der Waals surface area contributed by atoms with Crippen LogP contribution in [0, 0.1) is 5.92 Å². The molecular formula is C9H14N2S. The van der Waals surface area contributed by atoms with E-state index in [9.17, 15) is 0 Å². The SMILES string of the molecule is NCc1csc(CC2CCC2)n1. The van der Waals surface area contributed by atoms with E-state index < -0.39 is 0 Å². The molecule has 2 N–H and O–H groups in total. The van der Waals surface area contributed by atoms with Crippen molar-refractivity contribution in [1.82, 2.24) is 4.98 Å². The number of hydrogen-bond donors (Lipinski definition) is 1. The highest BCUT2D eigenvalue weighted by Crippen LogP contribution is 2.30. The predicted molar refractivity (Wildman–Crippen MR) is 51.1 cm³/mol. The van der Waals surface area contributed by atoms with Gasteiger partial charge in [-0.2, -0.15) is 0 Å². The van der Waals surface area contributed by atoms with Crippen molar-refractivity contribution in [1.29, 1.82) is 0 Å². The third kappa shape index (κ3) is 1.67. The zero-order valence-corrected chi connectivity index (χ0v) is 7.94. The van der Waals surface area contributed by atoms with Crippen molar-refractivity contribution in [3.63, 3.8) is 0 Å². The van der Waals surface area contributed by atoms with Gasteiger partial charge in [0.05, 0.1) is 10.7 Å². The van der Waals surface area contributed by atoms with E-state index in [0.717, 1.165) is 11.6 Å². The molecule has 0 amide bonds. The highest BCUT2D eigenvalue weighted by Gasteiger charge is 2.18. The smallest absolute Gasteiger partial charge is 0.0931 e. The fraction of sp³-hybridized carbons (Fsp3) is 0.667. The molecule has 1 aliphatic carbocycles. The Balaban J connectivity index is 1.93. The Labute approximate surface area is 76.8 Å². The average Bonchev–Trinajstić information content (AvgIpc) is 2.44. The van der Waals surface area contributed by atoms with E-state index in [4.69, 9.17) is 5.73 Å². The molecule has 2 nitrogen and oxygen atoms in total. The molecule has 1 aromatic heterocycles. The summed E-state index contributed by atoms with van der Waals surface area (Å²) >= 11 is 1.76. The number of rotatable bonds is 3. The molecule has 0 radical (unpaired) electrons. The second-order valence-electron chi connectivity index (χ2n) is 3.44. The predicted octanol–water partition coefficient (Wildman–Crippen LogP) is 1.94. The van der Waals surface area contributed by atoms with Crippen molar-refractivity contribution in [2.24, 2.45) is 11.7 Å². The Morgan fingerprint density at radius 1 is 1.58 bits per heavy atom. The topological polar surface area (TPSA) is 38.9 Å². The first-order valence-corrected chi connectivity index (χ1v) is 5.40. The van der Waals surface area contributed by atoms with Gasteiger partial charge < -0.3 is 5.73 Å². The van der Waals surface area contributed by atoms with E-state index in [1.54, 1.807) is 11.3 Å². The van der Waals surface area contributed by atoms with Crippen molar-refractivity contribution in [2.75, 3.05) is 0 Å². The van der Waals surface area contributed by atoms with Crippen molar-refractivity contribution in [3.8, 4) is 0 Å². The van der Waals surface area contributed by atoms with Crippen LogP contribution in [-0.4, -0.2) is 4.98 Å². The molecule has 2 rings (SSSR count). The highest BCUT2D eigenvalue weighted by atomic mass is 32.1. The van der Waals surface area contributed by atoms with Crippen LogP contribution in [0.2, 0.25) is 0 Å². The summed E-state index contributed by atoms with van der Waals surface area (Å²) in [5, 5.41) is 3.36. The summed E-state index contributed by atoms with van der Waals surface area (Å²) in [5.41, 5.74) is 6.53. The monoisotopic (exact) mass is 182 g/mol. The minimum absolute atomic E-state index is 0.584. The van der Waals surface area contributed by atoms with Gasteiger partial charge in [-0.3, -0.25) is 0 Å². The molecule has 1 aromatic rings. The van der Waals surface area contributed by atoms with Gasteiger partial charge in [0.25, 0.3) is 0 Å². The quantitative estimate of drug-likeness (QED) is 0.776. The number of thiazole rings is 1. The van der Waals surface area contributed by atoms with Crippen LogP contribution in [0.1, 0.15) is 30.0 Å². The molecule has 0 aromatic carbocycles. The lowest BCUT2D eigenvalue weighted by atomic mass is 9.83. The molecule has 0 unspecified atom stereocenters. The molecular weight excluding hydrogens is 168 g/mol. The number of hydrogen-bond acceptors (Lipinski definition) is 3. The largest absolute Gasteiger partial charge is 0.325 e. The lowest BCUT2D eigenvalue weighted by molar-refractivity contribution is 0.314. The Bertz CT molecular complexity index is 253. The second-order valence-corrected chi connectivity index (χ2v) is 4.38. The standard InChI is InChI=1S/C9H14N2S/c10-5-8-6-12-9(11-8)4-7-2-1-3-7/h6-7H,1-5,10H2. The molecule has 0 aliphatic heterocycles. The van der Waals surface area contributed by atoms with Gasteiger partial charge in [0.15, 0.2) is 0 Å². The molecule has 1 fully saturated rings. The molecule has 1 heterocycles. The maximum absolute atomic E-state index is 5.48. The van der Waals surface area contributed by atoms with Crippen LogP contribution in [0.25, 0.3) is 0 Å². The van der Waals surface area contributed by atoms with Gasteiger partial charge in [-0.25, -0.2) is 4.98 Å². The normalized spacial score (nSPS) is 17.8. The van der Waals surface area contributed by atoms with Gasteiger partial charge in [0.2, 0.25) is 0 Å². The van der Waals surface area contributed by atoms with Gasteiger partial charge in [-0.15, -0.1) is 11.3 Å². The number of nitrogens with zero attached hydrogens (tertiary/aromatic N) is 1.